The Morgan fingerprint density at radius 1 is 1.06 bits per heavy atom. The van der Waals surface area contributed by atoms with Crippen molar-refractivity contribution < 1.29 is 5.11 Å². The van der Waals surface area contributed by atoms with Gasteiger partial charge in [-0.25, -0.2) is 0 Å². The highest BCUT2D eigenvalue weighted by atomic mass is 79.9. The molecule has 0 radical (unpaired) electrons. The van der Waals surface area contributed by atoms with E-state index in [1.165, 1.54) is 36.1 Å². The summed E-state index contributed by atoms with van der Waals surface area (Å²) in [5, 5.41) is 10.2. The lowest BCUT2D eigenvalue weighted by Gasteiger charge is -2.33. The van der Waals surface area contributed by atoms with Crippen LogP contribution in [0.4, 0.5) is 0 Å². The van der Waals surface area contributed by atoms with Crippen LogP contribution >= 0.6 is 15.9 Å². The Balaban J connectivity index is 1.57. The molecule has 2 fully saturated rings. The van der Waals surface area contributed by atoms with Crippen LogP contribution in [0.1, 0.15) is 80.7 Å². The third kappa shape index (κ3) is 2.97. The van der Waals surface area contributed by atoms with Gasteiger partial charge in [0.25, 0.3) is 5.56 Å². The van der Waals surface area contributed by atoms with E-state index in [0.29, 0.717) is 23.8 Å². The first-order valence-corrected chi connectivity index (χ1v) is 12.9. The zero-order valence-electron chi connectivity index (χ0n) is 18.3. The van der Waals surface area contributed by atoms with Crippen LogP contribution in [0.3, 0.4) is 0 Å². The van der Waals surface area contributed by atoms with Gasteiger partial charge < -0.3 is 5.11 Å². The molecule has 0 saturated heterocycles. The zero-order valence-corrected chi connectivity index (χ0v) is 19.9. The molecule has 6 rings (SSSR count). The van der Waals surface area contributed by atoms with Gasteiger partial charge in [0.2, 0.25) is 0 Å². The second-order valence-electron chi connectivity index (χ2n) is 10.0. The molecule has 0 unspecified atom stereocenters. The fourth-order valence-electron chi connectivity index (χ4n) is 6.63. The lowest BCUT2D eigenvalue weighted by molar-refractivity contribution is 0.182. The van der Waals surface area contributed by atoms with Crippen LogP contribution in [0.25, 0.3) is 16.6 Å². The molecule has 2 heterocycles. The van der Waals surface area contributed by atoms with Gasteiger partial charge in [0.1, 0.15) is 5.82 Å². The van der Waals surface area contributed by atoms with Gasteiger partial charge in [0.15, 0.2) is 0 Å². The average molecular weight is 493 g/mol. The van der Waals surface area contributed by atoms with Crippen molar-refractivity contribution >= 4 is 26.8 Å². The lowest BCUT2D eigenvalue weighted by atomic mass is 9.69. The van der Waals surface area contributed by atoms with E-state index in [-0.39, 0.29) is 11.0 Å². The second kappa shape index (κ2) is 7.81. The maximum absolute atomic E-state index is 13.1. The van der Waals surface area contributed by atoms with E-state index in [4.69, 9.17) is 4.98 Å². The number of fused-ring (bicyclic) bond motifs is 7. The summed E-state index contributed by atoms with van der Waals surface area (Å²) >= 11 is 3.60. The molecule has 2 aliphatic carbocycles. The summed E-state index contributed by atoms with van der Waals surface area (Å²) in [7, 11) is 0. The summed E-state index contributed by atoms with van der Waals surface area (Å²) in [4.78, 5) is 17.9. The van der Waals surface area contributed by atoms with Crippen LogP contribution in [-0.4, -0.2) is 21.3 Å². The van der Waals surface area contributed by atoms with E-state index >= 15 is 0 Å². The smallest absolute Gasteiger partial charge is 0.281 e. The van der Waals surface area contributed by atoms with Crippen LogP contribution in [-0.2, 0) is 5.41 Å². The average Bonchev–Trinajstić information content (AvgIpc) is 3.08. The van der Waals surface area contributed by atoms with Gasteiger partial charge in [0.05, 0.1) is 22.0 Å². The first kappa shape index (κ1) is 20.6. The molecule has 2 saturated carbocycles. The molecule has 1 aromatic heterocycles. The van der Waals surface area contributed by atoms with Crippen molar-refractivity contribution in [2.24, 2.45) is 5.92 Å². The molecule has 1 N–H and O–H groups in total. The number of benzene rings is 2. The van der Waals surface area contributed by atoms with Crippen molar-refractivity contribution in [1.82, 2.24) is 9.55 Å². The van der Waals surface area contributed by atoms with Gasteiger partial charge >= 0.3 is 0 Å². The Hall–Kier alpha value is -1.98. The van der Waals surface area contributed by atoms with Crippen molar-refractivity contribution in [3.63, 3.8) is 0 Å². The highest BCUT2D eigenvalue weighted by Crippen LogP contribution is 2.52. The molecule has 166 valence electrons. The molecular formula is C27H29BrN2O2. The Labute approximate surface area is 196 Å². The van der Waals surface area contributed by atoms with Crippen molar-refractivity contribution in [2.45, 2.75) is 69.1 Å². The topological polar surface area (TPSA) is 55.1 Å². The van der Waals surface area contributed by atoms with Crippen molar-refractivity contribution in [2.75, 3.05) is 6.61 Å². The normalized spacial score (nSPS) is 23.9. The van der Waals surface area contributed by atoms with Crippen LogP contribution < -0.4 is 5.56 Å². The minimum absolute atomic E-state index is 0.126. The number of aromatic nitrogens is 2. The molecule has 1 spiro atoms. The fraction of sp³-hybridized carbons (Fsp3) is 0.481. The maximum atomic E-state index is 13.1. The van der Waals surface area contributed by atoms with Gasteiger partial charge in [-0.2, -0.15) is 4.98 Å². The monoisotopic (exact) mass is 492 g/mol. The Morgan fingerprint density at radius 2 is 1.84 bits per heavy atom. The lowest BCUT2D eigenvalue weighted by Crippen LogP contribution is -2.32. The van der Waals surface area contributed by atoms with Crippen LogP contribution in [0.2, 0.25) is 0 Å². The molecule has 0 bridgehead atoms. The van der Waals surface area contributed by atoms with E-state index in [1.807, 2.05) is 12.1 Å². The molecular weight excluding hydrogens is 464 g/mol. The molecule has 2 aromatic carbocycles. The number of hydrogen-bond acceptors (Lipinski definition) is 3. The number of rotatable bonds is 2. The third-order valence-electron chi connectivity index (χ3n) is 8.36. The molecule has 5 heteroatoms. The minimum atomic E-state index is -0.143. The standard InChI is InChI=1S/C27H29BrN2O2/c28-21-5-4-6-22-24(21)25(32)29-26-27(13-2-1-3-14-27)20-12-11-19(15-23(20)30(22)26)18-9-7-17(16-31)8-10-18/h4-6,11-12,15,17-18,31H,1-3,7-10,13-14,16H2. The highest BCUT2D eigenvalue weighted by Gasteiger charge is 2.46. The predicted molar refractivity (Wildman–Crippen MR) is 131 cm³/mol. The van der Waals surface area contributed by atoms with E-state index in [1.54, 1.807) is 0 Å². The second-order valence-corrected chi connectivity index (χ2v) is 10.9. The molecule has 3 aliphatic rings. The number of aliphatic hydroxyl groups is 1. The van der Waals surface area contributed by atoms with Gasteiger partial charge in [-0.05, 0) is 95.6 Å². The fourth-order valence-corrected chi connectivity index (χ4v) is 7.16. The Kier molecular flexibility index (Phi) is 5.03. The number of nitrogens with zero attached hydrogens (tertiary/aromatic N) is 2. The summed E-state index contributed by atoms with van der Waals surface area (Å²) in [6.07, 6.45) is 10.2. The largest absolute Gasteiger partial charge is 0.396 e. The van der Waals surface area contributed by atoms with Crippen LogP contribution in [0, 0.1) is 5.92 Å². The first-order chi connectivity index (χ1) is 15.6. The summed E-state index contributed by atoms with van der Waals surface area (Å²) in [6.45, 7) is 0.312. The number of aliphatic hydroxyl groups excluding tert-OH is 1. The summed E-state index contributed by atoms with van der Waals surface area (Å²) in [5.74, 6) is 1.95. The van der Waals surface area contributed by atoms with Crippen molar-refractivity contribution in [3.8, 4) is 5.69 Å². The number of hydrogen-bond donors (Lipinski definition) is 1. The van der Waals surface area contributed by atoms with Crippen molar-refractivity contribution in [3.05, 3.63) is 68.2 Å². The summed E-state index contributed by atoms with van der Waals surface area (Å²) < 4.78 is 3.11. The molecule has 0 amide bonds. The third-order valence-corrected chi connectivity index (χ3v) is 9.02. The van der Waals surface area contributed by atoms with Gasteiger partial charge in [-0.1, -0.05) is 37.5 Å². The first-order valence-electron chi connectivity index (χ1n) is 12.1. The van der Waals surface area contributed by atoms with E-state index in [2.05, 4.69) is 44.8 Å². The molecule has 4 nitrogen and oxygen atoms in total. The Morgan fingerprint density at radius 3 is 2.59 bits per heavy atom. The molecule has 1 aliphatic heterocycles. The van der Waals surface area contributed by atoms with Crippen LogP contribution in [0.5, 0.6) is 0 Å². The van der Waals surface area contributed by atoms with Gasteiger partial charge in [0, 0.05) is 11.1 Å². The predicted octanol–water partition coefficient (Wildman–Crippen LogP) is 5.98. The van der Waals surface area contributed by atoms with Crippen molar-refractivity contribution in [1.29, 1.82) is 0 Å². The Bertz CT molecular complexity index is 1250. The molecule has 32 heavy (non-hydrogen) atoms. The van der Waals surface area contributed by atoms with Gasteiger partial charge in [-0.15, -0.1) is 0 Å². The number of halogens is 1. The van der Waals surface area contributed by atoms with E-state index in [9.17, 15) is 9.90 Å². The molecule has 3 aromatic rings. The van der Waals surface area contributed by atoms with E-state index < -0.39 is 0 Å². The maximum Gasteiger partial charge on any atom is 0.281 e. The zero-order chi connectivity index (χ0) is 21.9. The highest BCUT2D eigenvalue weighted by molar-refractivity contribution is 9.10. The quantitative estimate of drug-likeness (QED) is 0.478. The van der Waals surface area contributed by atoms with Gasteiger partial charge in [-0.3, -0.25) is 9.36 Å². The minimum Gasteiger partial charge on any atom is -0.396 e. The molecule has 0 atom stereocenters. The summed E-state index contributed by atoms with van der Waals surface area (Å²) in [6, 6.07) is 13.1. The summed E-state index contributed by atoms with van der Waals surface area (Å²) in [5.41, 5.74) is 4.65. The van der Waals surface area contributed by atoms with Crippen LogP contribution in [0.15, 0.2) is 45.7 Å². The SMILES string of the molecule is O=c1nc2n(c3cccc(Br)c13)-c1cc(C3CCC(CO)CC3)ccc1C21CCCCC1. The van der Waals surface area contributed by atoms with E-state index in [0.717, 1.165) is 54.3 Å².